The highest BCUT2D eigenvalue weighted by Gasteiger charge is 2.19. The zero-order chi connectivity index (χ0) is 59.2. The molecule has 0 saturated heterocycles. The fraction of sp³-hybridized carbons (Fsp3) is 0.645. The molecule has 0 bridgehead atoms. The van der Waals surface area contributed by atoms with E-state index in [1.54, 1.807) is 0 Å². The second-order valence-electron chi connectivity index (χ2n) is 22.0. The molecular weight excluding hydrogens is 1010 g/mol. The van der Waals surface area contributed by atoms with Gasteiger partial charge in [-0.05, 0) is 128 Å². The molecule has 82 heavy (non-hydrogen) atoms. The third-order valence-electron chi connectivity index (χ3n) is 14.1. The largest absolute Gasteiger partial charge is 0.462 e. The summed E-state index contributed by atoms with van der Waals surface area (Å²) in [5.74, 6) is -0.950. The standard InChI is InChI=1S/C76H124O6/c1-4-7-10-13-16-18-20-22-24-26-28-30-32-34-35-36-37-38-39-40-41-43-44-46-48-50-52-54-56-58-60-63-66-69-75(78)81-72-73(71-80-74(77)68-65-62-15-12-9-6-3)82-76(79)70-67-64-61-59-57-55-53-51-49-47-45-42-33-31-29-27-25-23-21-19-17-14-11-8-5-2/h7,10,16,18,21-24,27-30,34-35,37-38,40-41,44,46,50,52,56,58,73H,4-6,8-9,11-15,17,19-20,25-26,31-33,36,39,42-43,45,47-49,51,53-55,57,59-72H2,1-3H3/b10-7-,18-16-,23-21-,24-22-,29-27-,30-28-,35-34-,38-37-,41-40-,46-44-,52-50-,58-56-. The van der Waals surface area contributed by atoms with Crippen molar-refractivity contribution >= 4 is 17.9 Å². The first-order valence-electron chi connectivity index (χ1n) is 33.8. The Kier molecular flexibility index (Phi) is 64.8. The predicted molar refractivity (Wildman–Crippen MR) is 357 cm³/mol. The second kappa shape index (κ2) is 68.8. The van der Waals surface area contributed by atoms with Gasteiger partial charge in [-0.2, -0.15) is 0 Å². The summed E-state index contributed by atoms with van der Waals surface area (Å²) in [7, 11) is 0. The summed E-state index contributed by atoms with van der Waals surface area (Å²) >= 11 is 0. The van der Waals surface area contributed by atoms with Crippen molar-refractivity contribution in [2.45, 2.75) is 303 Å². The SMILES string of the molecule is CC/C=C\C/C=C\C/C=C\C/C=C\C/C=C\C/C=C\C/C=C\C/C=C\C/C=C\C/C=C\CCCCC(=O)OCC(COC(=O)CCCCCCCC)OC(=O)CCCCCCCCCCCCCCC/C=C\C/C=C\CCCCCCC. The average Bonchev–Trinajstić information content (AvgIpc) is 3.47. The van der Waals surface area contributed by atoms with E-state index in [1.165, 1.54) is 128 Å². The van der Waals surface area contributed by atoms with E-state index in [0.717, 1.165) is 122 Å². The summed E-state index contributed by atoms with van der Waals surface area (Å²) in [5, 5.41) is 0. The number of carbonyl (C=O) groups excluding carboxylic acids is 3. The van der Waals surface area contributed by atoms with Crippen LogP contribution in [0.1, 0.15) is 297 Å². The van der Waals surface area contributed by atoms with E-state index in [1.807, 2.05) is 0 Å². The van der Waals surface area contributed by atoms with E-state index in [9.17, 15) is 14.4 Å². The van der Waals surface area contributed by atoms with Crippen molar-refractivity contribution in [2.75, 3.05) is 13.2 Å². The van der Waals surface area contributed by atoms with E-state index in [0.29, 0.717) is 25.7 Å². The van der Waals surface area contributed by atoms with Gasteiger partial charge in [0, 0.05) is 19.3 Å². The van der Waals surface area contributed by atoms with Crippen molar-refractivity contribution in [3.63, 3.8) is 0 Å². The normalized spacial score (nSPS) is 13.1. The zero-order valence-corrected chi connectivity index (χ0v) is 53.2. The van der Waals surface area contributed by atoms with E-state index in [4.69, 9.17) is 14.2 Å². The maximum Gasteiger partial charge on any atom is 0.306 e. The maximum atomic E-state index is 12.9. The summed E-state index contributed by atoms with van der Waals surface area (Å²) in [6.45, 7) is 6.43. The molecule has 1 atom stereocenters. The Hall–Kier alpha value is -4.71. The van der Waals surface area contributed by atoms with Gasteiger partial charge in [0.25, 0.3) is 0 Å². The lowest BCUT2D eigenvalue weighted by Gasteiger charge is -2.18. The van der Waals surface area contributed by atoms with Crippen LogP contribution in [0.3, 0.4) is 0 Å². The third-order valence-corrected chi connectivity index (χ3v) is 14.1. The molecule has 0 aromatic rings. The first-order valence-corrected chi connectivity index (χ1v) is 33.8. The molecule has 0 rings (SSSR count). The van der Waals surface area contributed by atoms with E-state index in [-0.39, 0.29) is 31.1 Å². The molecule has 0 spiro atoms. The first-order chi connectivity index (χ1) is 40.5. The molecule has 0 aliphatic rings. The van der Waals surface area contributed by atoms with Crippen LogP contribution in [0.5, 0.6) is 0 Å². The molecule has 0 aliphatic heterocycles. The van der Waals surface area contributed by atoms with Crippen molar-refractivity contribution in [1.29, 1.82) is 0 Å². The second-order valence-corrected chi connectivity index (χ2v) is 22.0. The lowest BCUT2D eigenvalue weighted by molar-refractivity contribution is -0.167. The van der Waals surface area contributed by atoms with Gasteiger partial charge < -0.3 is 14.2 Å². The van der Waals surface area contributed by atoms with Crippen LogP contribution in [0.2, 0.25) is 0 Å². The monoisotopic (exact) mass is 1130 g/mol. The number of unbranched alkanes of at least 4 members (excludes halogenated alkanes) is 25. The quantitative estimate of drug-likeness (QED) is 0.0261. The van der Waals surface area contributed by atoms with Crippen LogP contribution in [-0.2, 0) is 28.6 Å². The minimum Gasteiger partial charge on any atom is -0.462 e. The van der Waals surface area contributed by atoms with Crippen molar-refractivity contribution < 1.29 is 28.6 Å². The lowest BCUT2D eigenvalue weighted by Crippen LogP contribution is -2.30. The number of rotatable bonds is 60. The van der Waals surface area contributed by atoms with Crippen LogP contribution in [0.25, 0.3) is 0 Å². The first kappa shape index (κ1) is 77.3. The summed E-state index contributed by atoms with van der Waals surface area (Å²) in [6.07, 6.45) is 99.0. The minimum absolute atomic E-state index is 0.0951. The van der Waals surface area contributed by atoms with Gasteiger partial charge in [0.2, 0.25) is 0 Å². The Morgan fingerprint density at radius 3 is 0.768 bits per heavy atom. The smallest absolute Gasteiger partial charge is 0.306 e. The summed E-state index contributed by atoms with van der Waals surface area (Å²) in [5.41, 5.74) is 0. The lowest BCUT2D eigenvalue weighted by atomic mass is 10.0. The molecule has 464 valence electrons. The summed E-state index contributed by atoms with van der Waals surface area (Å²) in [6, 6.07) is 0. The molecule has 6 nitrogen and oxygen atoms in total. The van der Waals surface area contributed by atoms with E-state index < -0.39 is 6.10 Å². The molecule has 0 amide bonds. The fourth-order valence-electron chi connectivity index (χ4n) is 9.03. The Balaban J connectivity index is 4.19. The average molecular weight is 1130 g/mol. The van der Waals surface area contributed by atoms with Gasteiger partial charge in [-0.15, -0.1) is 0 Å². The molecule has 0 aromatic heterocycles. The van der Waals surface area contributed by atoms with Gasteiger partial charge in [0.15, 0.2) is 6.10 Å². The molecule has 0 fully saturated rings. The molecular formula is C76H124O6. The minimum atomic E-state index is -0.799. The van der Waals surface area contributed by atoms with Crippen molar-refractivity contribution in [3.05, 3.63) is 146 Å². The third kappa shape index (κ3) is 66.1. The highest BCUT2D eigenvalue weighted by atomic mass is 16.6. The fourth-order valence-corrected chi connectivity index (χ4v) is 9.03. The molecule has 0 aliphatic carbocycles. The molecule has 0 aromatic carbocycles. The molecule has 0 radical (unpaired) electrons. The van der Waals surface area contributed by atoms with E-state index in [2.05, 4.69) is 167 Å². The number of hydrogen-bond donors (Lipinski definition) is 0. The highest BCUT2D eigenvalue weighted by Crippen LogP contribution is 2.16. The van der Waals surface area contributed by atoms with Crippen LogP contribution in [-0.4, -0.2) is 37.2 Å². The van der Waals surface area contributed by atoms with Gasteiger partial charge in [-0.1, -0.05) is 295 Å². The van der Waals surface area contributed by atoms with Gasteiger partial charge in [-0.3, -0.25) is 14.4 Å². The molecule has 0 N–H and O–H groups in total. The highest BCUT2D eigenvalue weighted by molar-refractivity contribution is 5.71. The Bertz CT molecular complexity index is 1780. The Morgan fingerprint density at radius 2 is 0.476 bits per heavy atom. The predicted octanol–water partition coefficient (Wildman–Crippen LogP) is 23.5. The van der Waals surface area contributed by atoms with Crippen molar-refractivity contribution in [3.8, 4) is 0 Å². The summed E-state index contributed by atoms with van der Waals surface area (Å²) in [4.78, 5) is 38.0. The van der Waals surface area contributed by atoms with Gasteiger partial charge >= 0.3 is 17.9 Å². The number of hydrogen-bond acceptors (Lipinski definition) is 6. The van der Waals surface area contributed by atoms with Crippen LogP contribution in [0.15, 0.2) is 146 Å². The van der Waals surface area contributed by atoms with Gasteiger partial charge in [-0.25, -0.2) is 0 Å². The number of ether oxygens (including phenoxy) is 3. The molecule has 6 heteroatoms. The molecule has 0 heterocycles. The maximum absolute atomic E-state index is 12.9. The topological polar surface area (TPSA) is 78.9 Å². The number of esters is 3. The molecule has 1 unspecified atom stereocenters. The van der Waals surface area contributed by atoms with Crippen molar-refractivity contribution in [1.82, 2.24) is 0 Å². The van der Waals surface area contributed by atoms with Crippen molar-refractivity contribution in [2.24, 2.45) is 0 Å². The van der Waals surface area contributed by atoms with E-state index >= 15 is 0 Å². The van der Waals surface area contributed by atoms with Gasteiger partial charge in [0.05, 0.1) is 0 Å². The van der Waals surface area contributed by atoms with Crippen LogP contribution in [0, 0.1) is 0 Å². The Morgan fingerprint density at radius 1 is 0.256 bits per heavy atom. The van der Waals surface area contributed by atoms with Crippen LogP contribution in [0.4, 0.5) is 0 Å². The number of carbonyl (C=O) groups is 3. The molecule has 0 saturated carbocycles. The van der Waals surface area contributed by atoms with Crippen LogP contribution >= 0.6 is 0 Å². The zero-order valence-electron chi connectivity index (χ0n) is 53.2. The Labute approximate surface area is 506 Å². The van der Waals surface area contributed by atoms with Crippen LogP contribution < -0.4 is 0 Å². The van der Waals surface area contributed by atoms with Gasteiger partial charge in [0.1, 0.15) is 13.2 Å². The summed E-state index contributed by atoms with van der Waals surface area (Å²) < 4.78 is 16.8. The number of allylic oxidation sites excluding steroid dienone is 24.